The topological polar surface area (TPSA) is 20.3 Å². The minimum atomic E-state index is 0.407. The Morgan fingerprint density at radius 2 is 2.14 bits per heavy atom. The van der Waals surface area contributed by atoms with Crippen molar-refractivity contribution in [1.82, 2.24) is 4.90 Å². The van der Waals surface area contributed by atoms with Gasteiger partial charge in [-0.05, 0) is 32.2 Å². The number of ketones is 1. The van der Waals surface area contributed by atoms with Crippen molar-refractivity contribution in [3.8, 4) is 0 Å². The van der Waals surface area contributed by atoms with Crippen LogP contribution in [0.25, 0.3) is 0 Å². The first-order chi connectivity index (χ1) is 6.63. The molecule has 0 aliphatic carbocycles. The summed E-state index contributed by atoms with van der Waals surface area (Å²) in [6.07, 6.45) is 3.84. The van der Waals surface area contributed by atoms with Gasteiger partial charge in [-0.25, -0.2) is 0 Å². The fraction of sp³-hybridized carbons (Fsp3) is 0.917. The Balaban J connectivity index is 2.15. The first kappa shape index (κ1) is 11.7. The molecule has 82 valence electrons. The first-order valence-corrected chi connectivity index (χ1v) is 5.89. The van der Waals surface area contributed by atoms with E-state index in [0.717, 1.165) is 31.3 Å². The van der Waals surface area contributed by atoms with E-state index in [0.29, 0.717) is 12.2 Å². The maximum Gasteiger partial charge on any atom is 0.132 e. The molecule has 2 atom stereocenters. The van der Waals surface area contributed by atoms with Crippen LogP contribution in [0.1, 0.15) is 46.5 Å². The molecule has 0 spiro atoms. The molecule has 2 heteroatoms. The average Bonchev–Trinajstić information content (AvgIpc) is 2.45. The number of hydrogen-bond acceptors (Lipinski definition) is 2. The molecule has 14 heavy (non-hydrogen) atoms. The van der Waals surface area contributed by atoms with Crippen LogP contribution in [0.15, 0.2) is 0 Å². The number of nitrogens with zero attached hydrogens (tertiary/aromatic N) is 1. The van der Waals surface area contributed by atoms with Crippen LogP contribution in [0.5, 0.6) is 0 Å². The van der Waals surface area contributed by atoms with Crippen LogP contribution in [0.4, 0.5) is 0 Å². The molecule has 2 unspecified atom stereocenters. The summed E-state index contributed by atoms with van der Waals surface area (Å²) in [5, 5.41) is 0. The Labute approximate surface area is 87.7 Å². The predicted octanol–water partition coefficient (Wildman–Crippen LogP) is 2.48. The smallest absolute Gasteiger partial charge is 0.132 e. The standard InChI is InChI=1S/C12H23NO/c1-4-12(14)6-5-7-13-9-10(2)8-11(13)3/h10-11H,4-9H2,1-3H3. The van der Waals surface area contributed by atoms with Crippen LogP contribution in [-0.4, -0.2) is 29.8 Å². The van der Waals surface area contributed by atoms with Crippen LogP contribution in [0.2, 0.25) is 0 Å². The molecule has 1 aliphatic rings. The van der Waals surface area contributed by atoms with Crippen LogP contribution < -0.4 is 0 Å². The van der Waals surface area contributed by atoms with E-state index in [1.807, 2.05) is 6.92 Å². The SMILES string of the molecule is CCC(=O)CCCN1CC(C)CC1C. The fourth-order valence-corrected chi connectivity index (χ4v) is 2.35. The Hall–Kier alpha value is -0.370. The van der Waals surface area contributed by atoms with Crippen molar-refractivity contribution in [1.29, 1.82) is 0 Å². The van der Waals surface area contributed by atoms with Crippen molar-refractivity contribution in [2.45, 2.75) is 52.5 Å². The zero-order valence-corrected chi connectivity index (χ0v) is 9.75. The first-order valence-electron chi connectivity index (χ1n) is 5.89. The summed E-state index contributed by atoms with van der Waals surface area (Å²) >= 11 is 0. The van der Waals surface area contributed by atoms with E-state index >= 15 is 0 Å². The van der Waals surface area contributed by atoms with Gasteiger partial charge in [0.2, 0.25) is 0 Å². The zero-order valence-electron chi connectivity index (χ0n) is 9.75. The molecule has 1 heterocycles. The van der Waals surface area contributed by atoms with Crippen molar-refractivity contribution in [3.63, 3.8) is 0 Å². The summed E-state index contributed by atoms with van der Waals surface area (Å²) < 4.78 is 0. The molecule has 1 rings (SSSR count). The van der Waals surface area contributed by atoms with E-state index in [1.54, 1.807) is 0 Å². The number of likely N-dealkylation sites (tertiary alicyclic amines) is 1. The molecule has 0 saturated carbocycles. The summed E-state index contributed by atoms with van der Waals surface area (Å²) in [6.45, 7) is 8.89. The Kier molecular flexibility index (Phi) is 4.59. The fourth-order valence-electron chi connectivity index (χ4n) is 2.35. The Morgan fingerprint density at radius 1 is 1.43 bits per heavy atom. The van der Waals surface area contributed by atoms with Gasteiger partial charge in [0.15, 0.2) is 0 Å². The molecule has 0 amide bonds. The normalized spacial score (nSPS) is 28.2. The average molecular weight is 197 g/mol. The van der Waals surface area contributed by atoms with Gasteiger partial charge in [0, 0.05) is 25.4 Å². The van der Waals surface area contributed by atoms with Gasteiger partial charge in [0.1, 0.15) is 5.78 Å². The van der Waals surface area contributed by atoms with Crippen LogP contribution in [0.3, 0.4) is 0 Å². The maximum atomic E-state index is 11.1. The second kappa shape index (κ2) is 5.50. The third-order valence-corrected chi connectivity index (χ3v) is 3.21. The van der Waals surface area contributed by atoms with Crippen molar-refractivity contribution in [2.24, 2.45) is 5.92 Å². The van der Waals surface area contributed by atoms with E-state index in [4.69, 9.17) is 0 Å². The number of rotatable bonds is 5. The van der Waals surface area contributed by atoms with Crippen LogP contribution in [0, 0.1) is 5.92 Å². The summed E-state index contributed by atoms with van der Waals surface area (Å²) in [7, 11) is 0. The number of carbonyl (C=O) groups excluding carboxylic acids is 1. The summed E-state index contributed by atoms with van der Waals surface area (Å²) in [4.78, 5) is 13.6. The number of Topliss-reactive ketones (excluding diaryl/α,β-unsaturated/α-hetero) is 1. The molecule has 0 aromatic heterocycles. The molecule has 1 aliphatic heterocycles. The van der Waals surface area contributed by atoms with E-state index < -0.39 is 0 Å². The predicted molar refractivity (Wildman–Crippen MR) is 59.3 cm³/mol. The minimum absolute atomic E-state index is 0.407. The van der Waals surface area contributed by atoms with E-state index in [-0.39, 0.29) is 0 Å². The molecule has 0 radical (unpaired) electrons. The van der Waals surface area contributed by atoms with E-state index in [2.05, 4.69) is 18.7 Å². The van der Waals surface area contributed by atoms with Gasteiger partial charge in [-0.3, -0.25) is 4.79 Å². The molecule has 0 aromatic carbocycles. The maximum absolute atomic E-state index is 11.1. The Morgan fingerprint density at radius 3 is 2.64 bits per heavy atom. The van der Waals surface area contributed by atoms with Crippen LogP contribution in [-0.2, 0) is 4.79 Å². The third-order valence-electron chi connectivity index (χ3n) is 3.21. The van der Waals surface area contributed by atoms with Gasteiger partial charge in [-0.2, -0.15) is 0 Å². The van der Waals surface area contributed by atoms with E-state index in [1.165, 1.54) is 13.0 Å². The van der Waals surface area contributed by atoms with Gasteiger partial charge < -0.3 is 4.90 Å². The lowest BCUT2D eigenvalue weighted by atomic mass is 10.1. The van der Waals surface area contributed by atoms with Gasteiger partial charge in [0.25, 0.3) is 0 Å². The molecular formula is C12H23NO. The summed E-state index contributed by atoms with van der Waals surface area (Å²) in [5.41, 5.74) is 0. The lowest BCUT2D eigenvalue weighted by Crippen LogP contribution is -2.28. The van der Waals surface area contributed by atoms with Crippen molar-refractivity contribution < 1.29 is 4.79 Å². The largest absolute Gasteiger partial charge is 0.300 e. The molecule has 2 nitrogen and oxygen atoms in total. The third kappa shape index (κ3) is 3.41. The quantitative estimate of drug-likeness (QED) is 0.675. The minimum Gasteiger partial charge on any atom is -0.300 e. The van der Waals surface area contributed by atoms with Gasteiger partial charge in [-0.1, -0.05) is 13.8 Å². The zero-order chi connectivity index (χ0) is 10.6. The molecule has 0 bridgehead atoms. The summed E-state index contributed by atoms with van der Waals surface area (Å²) in [5.74, 6) is 1.25. The van der Waals surface area contributed by atoms with Crippen molar-refractivity contribution in [2.75, 3.05) is 13.1 Å². The van der Waals surface area contributed by atoms with Gasteiger partial charge >= 0.3 is 0 Å². The van der Waals surface area contributed by atoms with Gasteiger partial charge in [-0.15, -0.1) is 0 Å². The Bertz CT molecular complexity index is 191. The van der Waals surface area contributed by atoms with Crippen molar-refractivity contribution >= 4 is 5.78 Å². The number of carbonyl (C=O) groups is 1. The van der Waals surface area contributed by atoms with Gasteiger partial charge in [0.05, 0.1) is 0 Å². The number of hydrogen-bond donors (Lipinski definition) is 0. The monoisotopic (exact) mass is 197 g/mol. The highest BCUT2D eigenvalue weighted by Gasteiger charge is 2.25. The second-order valence-corrected chi connectivity index (χ2v) is 4.68. The second-order valence-electron chi connectivity index (χ2n) is 4.68. The molecule has 1 saturated heterocycles. The van der Waals surface area contributed by atoms with E-state index in [9.17, 15) is 4.79 Å². The highest BCUT2D eigenvalue weighted by Crippen LogP contribution is 2.22. The van der Waals surface area contributed by atoms with Crippen LogP contribution >= 0.6 is 0 Å². The highest BCUT2D eigenvalue weighted by atomic mass is 16.1. The molecular weight excluding hydrogens is 174 g/mol. The lowest BCUT2D eigenvalue weighted by Gasteiger charge is -2.20. The molecule has 0 N–H and O–H groups in total. The van der Waals surface area contributed by atoms with Crippen molar-refractivity contribution in [3.05, 3.63) is 0 Å². The lowest BCUT2D eigenvalue weighted by molar-refractivity contribution is -0.118. The molecule has 0 aromatic rings. The summed E-state index contributed by atoms with van der Waals surface area (Å²) in [6, 6.07) is 0.724. The molecule has 1 fully saturated rings. The highest BCUT2D eigenvalue weighted by molar-refractivity contribution is 5.77.